The lowest BCUT2D eigenvalue weighted by Crippen LogP contribution is -2.38. The monoisotopic (exact) mass is 481 g/mol. The van der Waals surface area contributed by atoms with Gasteiger partial charge in [-0.2, -0.15) is 0 Å². The molecule has 1 N–H and O–H groups in total. The number of aromatic hydroxyl groups is 1. The number of hydrogen-bond donors (Lipinski definition) is 1. The van der Waals surface area contributed by atoms with Crippen molar-refractivity contribution >= 4 is 29.1 Å². The Kier molecular flexibility index (Phi) is 6.80. The summed E-state index contributed by atoms with van der Waals surface area (Å²) in [5.74, 6) is -1.94. The van der Waals surface area contributed by atoms with Gasteiger partial charge in [0.1, 0.15) is 5.92 Å². The molecule has 1 aliphatic heterocycles. The number of nitrogens with zero attached hydrogens (tertiary/aromatic N) is 1. The van der Waals surface area contributed by atoms with Crippen LogP contribution in [0.3, 0.4) is 0 Å². The summed E-state index contributed by atoms with van der Waals surface area (Å²) in [7, 11) is 1.42. The Morgan fingerprint density at radius 2 is 1.85 bits per heavy atom. The number of aliphatic imine (C=N–C) groups is 1. The van der Waals surface area contributed by atoms with E-state index in [1.54, 1.807) is 32.9 Å². The number of ether oxygens (including phenoxy) is 2. The van der Waals surface area contributed by atoms with Crippen LogP contribution in [0.15, 0.2) is 58.7 Å². The van der Waals surface area contributed by atoms with Crippen LogP contribution in [0.5, 0.6) is 11.5 Å². The van der Waals surface area contributed by atoms with Gasteiger partial charge in [0.05, 0.1) is 18.2 Å². The second-order valence-electron chi connectivity index (χ2n) is 9.05. The van der Waals surface area contributed by atoms with Crippen molar-refractivity contribution in [3.05, 3.63) is 69.9 Å². The maximum atomic E-state index is 13.6. The highest BCUT2D eigenvalue weighted by molar-refractivity contribution is 6.32. The molecule has 7 heteroatoms. The minimum absolute atomic E-state index is 0.0155. The van der Waals surface area contributed by atoms with E-state index in [4.69, 9.17) is 26.1 Å². The second kappa shape index (κ2) is 9.63. The van der Waals surface area contributed by atoms with Crippen molar-refractivity contribution in [2.24, 2.45) is 10.9 Å². The zero-order valence-corrected chi connectivity index (χ0v) is 20.4. The lowest BCUT2D eigenvalue weighted by Gasteiger charge is -2.37. The van der Waals surface area contributed by atoms with Gasteiger partial charge in [-0.05, 0) is 56.4 Å². The number of rotatable bonds is 5. The average molecular weight is 482 g/mol. The van der Waals surface area contributed by atoms with Crippen molar-refractivity contribution in [2.75, 3.05) is 7.11 Å². The Labute approximate surface area is 204 Å². The molecule has 0 aromatic heterocycles. The standard InChI is InChI=1S/C27H28ClNO5/c1-14(2)34-27(32)23-15(3)29-20-11-17(16-8-6-5-7-9-16)12-21(30)25(20)24(23)18-10-19(28)26(31)22(13-18)33-4/h5-10,13-14,17,23-24,31H,11-12H2,1-4H3/t17-,23?,24-/m1/s1. The zero-order chi connectivity index (χ0) is 24.6. The number of hydrogen-bond acceptors (Lipinski definition) is 6. The molecule has 0 amide bonds. The van der Waals surface area contributed by atoms with Crippen LogP contribution in [-0.4, -0.2) is 35.8 Å². The molecule has 1 unspecified atom stereocenters. The molecule has 2 aromatic carbocycles. The molecule has 3 atom stereocenters. The lowest BCUT2D eigenvalue weighted by atomic mass is 9.69. The van der Waals surface area contributed by atoms with Gasteiger partial charge < -0.3 is 14.6 Å². The summed E-state index contributed by atoms with van der Waals surface area (Å²) in [4.78, 5) is 31.6. The molecular formula is C27H28ClNO5. The fraction of sp³-hybridized carbons (Fsp3) is 0.370. The number of phenolic OH excluding ortho intramolecular Hbond substituents is 1. The van der Waals surface area contributed by atoms with Gasteiger partial charge >= 0.3 is 5.97 Å². The SMILES string of the molecule is COc1cc([C@H]2C3=C(C[C@@H](c4ccccc4)CC3=O)N=C(C)C2C(=O)OC(C)C)cc(Cl)c1O. The van der Waals surface area contributed by atoms with Crippen molar-refractivity contribution < 1.29 is 24.2 Å². The number of carbonyl (C=O) groups excluding carboxylic acids is 2. The Balaban J connectivity index is 1.86. The van der Waals surface area contributed by atoms with E-state index in [0.717, 1.165) is 5.56 Å². The molecule has 1 aliphatic carbocycles. The van der Waals surface area contributed by atoms with Crippen molar-refractivity contribution in [1.82, 2.24) is 0 Å². The molecule has 1 heterocycles. The van der Waals surface area contributed by atoms with Gasteiger partial charge in [0.2, 0.25) is 0 Å². The van der Waals surface area contributed by atoms with Gasteiger partial charge in [-0.3, -0.25) is 14.6 Å². The van der Waals surface area contributed by atoms with Crippen molar-refractivity contribution in [3.8, 4) is 11.5 Å². The number of Topliss-reactive ketones (excluding diaryl/α,β-unsaturated/α-hetero) is 1. The van der Waals surface area contributed by atoms with Crippen molar-refractivity contribution in [1.29, 1.82) is 0 Å². The summed E-state index contributed by atoms with van der Waals surface area (Å²) in [6.07, 6.45) is 0.593. The predicted molar refractivity (Wildman–Crippen MR) is 131 cm³/mol. The van der Waals surface area contributed by atoms with Crippen LogP contribution in [0.4, 0.5) is 0 Å². The van der Waals surface area contributed by atoms with Crippen LogP contribution in [0, 0.1) is 5.92 Å². The minimum Gasteiger partial charge on any atom is -0.503 e. The molecule has 0 fully saturated rings. The highest BCUT2D eigenvalue weighted by atomic mass is 35.5. The molecule has 6 nitrogen and oxygen atoms in total. The third-order valence-electron chi connectivity index (χ3n) is 6.40. The summed E-state index contributed by atoms with van der Waals surface area (Å²) < 4.78 is 10.9. The number of esters is 1. The van der Waals surface area contributed by atoms with E-state index in [2.05, 4.69) is 0 Å². The molecule has 0 saturated carbocycles. The van der Waals surface area contributed by atoms with Gasteiger partial charge in [0.25, 0.3) is 0 Å². The molecule has 0 saturated heterocycles. The normalized spacial score (nSPS) is 22.4. The minimum atomic E-state index is -0.788. The Hall–Kier alpha value is -3.12. The summed E-state index contributed by atoms with van der Waals surface area (Å²) in [5, 5.41) is 10.3. The van der Waals surface area contributed by atoms with E-state index in [-0.39, 0.29) is 34.3 Å². The van der Waals surface area contributed by atoms with Gasteiger partial charge in [-0.15, -0.1) is 0 Å². The van der Waals surface area contributed by atoms with E-state index in [9.17, 15) is 14.7 Å². The third kappa shape index (κ3) is 4.47. The first-order chi connectivity index (χ1) is 16.2. The number of ketones is 1. The van der Waals surface area contributed by atoms with E-state index >= 15 is 0 Å². The predicted octanol–water partition coefficient (Wildman–Crippen LogP) is 5.58. The quantitative estimate of drug-likeness (QED) is 0.563. The number of allylic oxidation sites excluding steroid dienone is 2. The fourth-order valence-electron chi connectivity index (χ4n) is 4.92. The molecule has 0 bridgehead atoms. The van der Waals surface area contributed by atoms with Crippen LogP contribution in [0.1, 0.15) is 56.6 Å². The van der Waals surface area contributed by atoms with Gasteiger partial charge in [-0.25, -0.2) is 0 Å². The fourth-order valence-corrected chi connectivity index (χ4v) is 5.14. The molecule has 0 spiro atoms. The first kappa shape index (κ1) is 24.0. The van der Waals surface area contributed by atoms with Gasteiger partial charge in [0.15, 0.2) is 17.3 Å². The number of methoxy groups -OCH3 is 1. The van der Waals surface area contributed by atoms with Gasteiger partial charge in [-0.1, -0.05) is 41.9 Å². The number of benzene rings is 2. The summed E-state index contributed by atoms with van der Waals surface area (Å²) in [6.45, 7) is 5.35. The van der Waals surface area contributed by atoms with Crippen LogP contribution in [-0.2, 0) is 14.3 Å². The molecule has 2 aliphatic rings. The first-order valence-corrected chi connectivity index (χ1v) is 11.7. The van der Waals surface area contributed by atoms with E-state index in [1.165, 1.54) is 7.11 Å². The first-order valence-electron chi connectivity index (χ1n) is 11.3. The number of carbonyl (C=O) groups is 2. The Morgan fingerprint density at radius 1 is 1.15 bits per heavy atom. The van der Waals surface area contributed by atoms with E-state index < -0.39 is 17.8 Å². The maximum absolute atomic E-state index is 13.6. The maximum Gasteiger partial charge on any atom is 0.315 e. The second-order valence-corrected chi connectivity index (χ2v) is 9.45. The average Bonchev–Trinajstić information content (AvgIpc) is 2.79. The van der Waals surface area contributed by atoms with Crippen molar-refractivity contribution in [3.63, 3.8) is 0 Å². The third-order valence-corrected chi connectivity index (χ3v) is 6.68. The van der Waals surface area contributed by atoms with Crippen molar-refractivity contribution in [2.45, 2.75) is 51.6 Å². The van der Waals surface area contributed by atoms with E-state index in [0.29, 0.717) is 35.4 Å². The molecular weight excluding hydrogens is 454 g/mol. The van der Waals surface area contributed by atoms with Crippen LogP contribution in [0.2, 0.25) is 5.02 Å². The summed E-state index contributed by atoms with van der Waals surface area (Å²) in [5.41, 5.74) is 3.46. The molecule has 2 aromatic rings. The number of phenols is 1. The zero-order valence-electron chi connectivity index (χ0n) is 19.7. The summed E-state index contributed by atoms with van der Waals surface area (Å²) >= 11 is 6.30. The molecule has 4 rings (SSSR count). The molecule has 0 radical (unpaired) electrons. The smallest absolute Gasteiger partial charge is 0.315 e. The van der Waals surface area contributed by atoms with Gasteiger partial charge in [0, 0.05) is 29.3 Å². The lowest BCUT2D eigenvalue weighted by molar-refractivity contribution is -0.150. The topological polar surface area (TPSA) is 85.2 Å². The molecule has 178 valence electrons. The number of halogens is 1. The van der Waals surface area contributed by atoms with Crippen LogP contribution in [0.25, 0.3) is 0 Å². The Bertz CT molecular complexity index is 1190. The highest BCUT2D eigenvalue weighted by Crippen LogP contribution is 2.49. The largest absolute Gasteiger partial charge is 0.503 e. The van der Waals surface area contributed by atoms with E-state index in [1.807, 2.05) is 30.3 Å². The van der Waals surface area contributed by atoms with Crippen LogP contribution < -0.4 is 4.74 Å². The summed E-state index contributed by atoms with van der Waals surface area (Å²) in [6, 6.07) is 13.1. The Morgan fingerprint density at radius 3 is 2.50 bits per heavy atom. The molecule has 34 heavy (non-hydrogen) atoms. The highest BCUT2D eigenvalue weighted by Gasteiger charge is 2.45. The van der Waals surface area contributed by atoms with Crippen LogP contribution >= 0.6 is 11.6 Å².